The van der Waals surface area contributed by atoms with Gasteiger partial charge in [0, 0.05) is 5.46 Å². The quantitative estimate of drug-likeness (QED) is 0.619. The van der Waals surface area contributed by atoms with Crippen LogP contribution >= 0.6 is 0 Å². The predicted molar refractivity (Wildman–Crippen MR) is 73.4 cm³/mol. The summed E-state index contributed by atoms with van der Waals surface area (Å²) in [5.41, 5.74) is -1.71. The van der Waals surface area contributed by atoms with Gasteiger partial charge in [-0.15, -0.1) is 0 Å². The number of carbonyl (C=O) groups excluding carboxylic acids is 1. The minimum absolute atomic E-state index is 0.111. The molecule has 0 aliphatic carbocycles. The molecule has 1 aromatic rings. The van der Waals surface area contributed by atoms with Crippen LogP contribution in [0.1, 0.15) is 38.1 Å². The minimum Gasteiger partial charge on any atom is -0.465 e. The first-order valence-corrected chi connectivity index (χ1v) is 6.52. The van der Waals surface area contributed by atoms with Gasteiger partial charge in [-0.25, -0.2) is 13.6 Å². The van der Waals surface area contributed by atoms with Gasteiger partial charge in [0.05, 0.1) is 23.9 Å². The molecule has 1 fully saturated rings. The van der Waals surface area contributed by atoms with Crippen LogP contribution in [0.15, 0.2) is 12.1 Å². The number of rotatable bonds is 2. The smallest absolute Gasteiger partial charge is 0.465 e. The molecule has 114 valence electrons. The standard InChI is InChI=1S/C14H17BF2O4/c1-13(2)14(3,4)21-15(20-13)8-6-7-9(16)11(17)10(8)12(18)19-5/h6-7H,1-5H3. The number of methoxy groups -OCH3 is 1. The van der Waals surface area contributed by atoms with Crippen molar-refractivity contribution in [1.82, 2.24) is 0 Å². The van der Waals surface area contributed by atoms with Crippen molar-refractivity contribution < 1.29 is 27.6 Å². The van der Waals surface area contributed by atoms with E-state index in [1.807, 2.05) is 27.7 Å². The highest BCUT2D eigenvalue weighted by Gasteiger charge is 2.53. The van der Waals surface area contributed by atoms with Crippen LogP contribution in [-0.4, -0.2) is 31.4 Å². The summed E-state index contributed by atoms with van der Waals surface area (Å²) >= 11 is 0. The normalized spacial score (nSPS) is 19.7. The Bertz CT molecular complexity index is 571. The second-order valence-corrected chi connectivity index (χ2v) is 5.91. The van der Waals surface area contributed by atoms with Gasteiger partial charge >= 0.3 is 13.1 Å². The molecule has 1 aliphatic rings. The maximum atomic E-state index is 14.0. The lowest BCUT2D eigenvalue weighted by atomic mass is 9.75. The Morgan fingerprint density at radius 2 is 1.67 bits per heavy atom. The lowest BCUT2D eigenvalue weighted by Crippen LogP contribution is -2.41. The first-order valence-electron chi connectivity index (χ1n) is 6.52. The molecule has 2 rings (SSSR count). The second-order valence-electron chi connectivity index (χ2n) is 5.91. The van der Waals surface area contributed by atoms with Crippen molar-refractivity contribution in [2.24, 2.45) is 0 Å². The summed E-state index contributed by atoms with van der Waals surface area (Å²) in [5, 5.41) is 0. The molecule has 0 atom stereocenters. The third kappa shape index (κ3) is 2.56. The topological polar surface area (TPSA) is 44.8 Å². The van der Waals surface area contributed by atoms with Crippen LogP contribution in [0, 0.1) is 11.6 Å². The van der Waals surface area contributed by atoms with Gasteiger partial charge < -0.3 is 14.0 Å². The third-order valence-corrected chi connectivity index (χ3v) is 4.02. The molecule has 0 bridgehead atoms. The second kappa shape index (κ2) is 5.07. The number of hydrogen-bond donors (Lipinski definition) is 0. The third-order valence-electron chi connectivity index (χ3n) is 4.02. The van der Waals surface area contributed by atoms with Crippen LogP contribution < -0.4 is 5.46 Å². The van der Waals surface area contributed by atoms with Gasteiger partial charge in [0.2, 0.25) is 0 Å². The van der Waals surface area contributed by atoms with Crippen molar-refractivity contribution in [3.8, 4) is 0 Å². The highest BCUT2D eigenvalue weighted by molar-refractivity contribution is 6.63. The van der Waals surface area contributed by atoms with Crippen molar-refractivity contribution in [2.45, 2.75) is 38.9 Å². The lowest BCUT2D eigenvalue weighted by Gasteiger charge is -2.32. The van der Waals surface area contributed by atoms with E-state index < -0.39 is 41.5 Å². The van der Waals surface area contributed by atoms with Gasteiger partial charge in [-0.05, 0) is 33.8 Å². The molecule has 4 nitrogen and oxygen atoms in total. The molecule has 1 aliphatic heterocycles. The van der Waals surface area contributed by atoms with Crippen LogP contribution in [0.4, 0.5) is 8.78 Å². The highest BCUT2D eigenvalue weighted by Crippen LogP contribution is 2.36. The van der Waals surface area contributed by atoms with E-state index in [0.29, 0.717) is 0 Å². The molecule has 0 radical (unpaired) electrons. The molecular weight excluding hydrogens is 281 g/mol. The number of carbonyl (C=O) groups is 1. The summed E-state index contributed by atoms with van der Waals surface area (Å²) in [6, 6.07) is 2.20. The number of benzene rings is 1. The minimum atomic E-state index is -1.27. The average Bonchev–Trinajstić information content (AvgIpc) is 2.60. The number of ether oxygens (including phenoxy) is 1. The molecule has 7 heteroatoms. The van der Waals surface area contributed by atoms with Crippen LogP contribution in [-0.2, 0) is 14.0 Å². The van der Waals surface area contributed by atoms with E-state index in [1.54, 1.807) is 0 Å². The Hall–Kier alpha value is -1.47. The molecule has 1 aromatic carbocycles. The average molecular weight is 298 g/mol. The van der Waals surface area contributed by atoms with E-state index in [2.05, 4.69) is 4.74 Å². The Labute approximate surface area is 122 Å². The maximum Gasteiger partial charge on any atom is 0.495 e. The molecule has 0 saturated carbocycles. The van der Waals surface area contributed by atoms with Crippen molar-refractivity contribution in [3.05, 3.63) is 29.3 Å². The van der Waals surface area contributed by atoms with Gasteiger partial charge in [0.15, 0.2) is 11.6 Å². The molecule has 0 amide bonds. The Morgan fingerprint density at radius 3 is 2.14 bits per heavy atom. The zero-order chi connectivity index (χ0) is 16.0. The van der Waals surface area contributed by atoms with Gasteiger partial charge in [-0.3, -0.25) is 0 Å². The Kier molecular flexibility index (Phi) is 3.84. The first kappa shape index (κ1) is 15.9. The van der Waals surface area contributed by atoms with Crippen molar-refractivity contribution in [2.75, 3.05) is 7.11 Å². The first-order chi connectivity index (χ1) is 9.60. The summed E-state index contributed by atoms with van der Waals surface area (Å²) < 4.78 is 43.4. The van der Waals surface area contributed by atoms with E-state index in [-0.39, 0.29) is 5.46 Å². The largest absolute Gasteiger partial charge is 0.495 e. The van der Waals surface area contributed by atoms with Crippen LogP contribution in [0.3, 0.4) is 0 Å². The summed E-state index contributed by atoms with van der Waals surface area (Å²) in [6.07, 6.45) is 0. The molecule has 0 unspecified atom stereocenters. The monoisotopic (exact) mass is 298 g/mol. The summed E-state index contributed by atoms with van der Waals surface area (Å²) in [5.74, 6) is -3.37. The zero-order valence-electron chi connectivity index (χ0n) is 12.6. The van der Waals surface area contributed by atoms with Crippen molar-refractivity contribution >= 4 is 18.6 Å². The van der Waals surface area contributed by atoms with E-state index >= 15 is 0 Å². The van der Waals surface area contributed by atoms with Crippen molar-refractivity contribution in [3.63, 3.8) is 0 Å². The van der Waals surface area contributed by atoms with Crippen LogP contribution in [0.2, 0.25) is 0 Å². The fraction of sp³-hybridized carbons (Fsp3) is 0.500. The Morgan fingerprint density at radius 1 is 1.14 bits per heavy atom. The molecule has 0 N–H and O–H groups in total. The van der Waals surface area contributed by atoms with Gasteiger partial charge in [0.1, 0.15) is 0 Å². The molecule has 21 heavy (non-hydrogen) atoms. The fourth-order valence-electron chi connectivity index (χ4n) is 2.04. The van der Waals surface area contributed by atoms with E-state index in [9.17, 15) is 13.6 Å². The molecule has 0 spiro atoms. The van der Waals surface area contributed by atoms with Crippen LogP contribution in [0.25, 0.3) is 0 Å². The van der Waals surface area contributed by atoms with Crippen LogP contribution in [0.5, 0.6) is 0 Å². The van der Waals surface area contributed by atoms with Crippen molar-refractivity contribution in [1.29, 1.82) is 0 Å². The van der Waals surface area contributed by atoms with Gasteiger partial charge in [0.25, 0.3) is 0 Å². The van der Waals surface area contributed by atoms with E-state index in [4.69, 9.17) is 9.31 Å². The fourth-order valence-corrected chi connectivity index (χ4v) is 2.04. The predicted octanol–water partition coefficient (Wildman–Crippen LogP) is 2.05. The summed E-state index contributed by atoms with van der Waals surface area (Å²) in [4.78, 5) is 11.7. The number of esters is 1. The Balaban J connectivity index is 2.51. The maximum absolute atomic E-state index is 14.0. The summed E-state index contributed by atoms with van der Waals surface area (Å²) in [6.45, 7) is 7.30. The molecular formula is C14H17BF2O4. The van der Waals surface area contributed by atoms with E-state index in [0.717, 1.165) is 13.2 Å². The number of halogens is 2. The van der Waals surface area contributed by atoms with E-state index in [1.165, 1.54) is 6.07 Å². The zero-order valence-corrected chi connectivity index (χ0v) is 12.6. The van der Waals surface area contributed by atoms with Gasteiger partial charge in [-0.1, -0.05) is 6.07 Å². The SMILES string of the molecule is COC(=O)c1c(B2OC(C)(C)C(C)(C)O2)ccc(F)c1F. The molecule has 1 saturated heterocycles. The highest BCUT2D eigenvalue weighted by atomic mass is 19.2. The number of hydrogen-bond acceptors (Lipinski definition) is 4. The molecule has 1 heterocycles. The lowest BCUT2D eigenvalue weighted by molar-refractivity contribution is 0.00578. The van der Waals surface area contributed by atoms with Gasteiger partial charge in [-0.2, -0.15) is 0 Å². The summed E-state index contributed by atoms with van der Waals surface area (Å²) in [7, 11) is 0.125. The molecule has 0 aromatic heterocycles.